The van der Waals surface area contributed by atoms with Crippen LogP contribution >= 0.6 is 29.6 Å². The summed E-state index contributed by atoms with van der Waals surface area (Å²) >= 11 is 10.4. The van der Waals surface area contributed by atoms with Crippen molar-refractivity contribution in [2.45, 2.75) is 0 Å². The van der Waals surface area contributed by atoms with Gasteiger partial charge in [0.25, 0.3) is 6.72 Å². The van der Waals surface area contributed by atoms with Gasteiger partial charge in [-0.3, -0.25) is 4.57 Å². The van der Waals surface area contributed by atoms with Crippen LogP contribution in [0.2, 0.25) is 0 Å². The van der Waals surface area contributed by atoms with Crippen LogP contribution in [0.4, 0.5) is 0 Å². The molecule has 50 valence electrons. The van der Waals surface area contributed by atoms with Gasteiger partial charge in [0.05, 0.1) is 6.61 Å². The highest BCUT2D eigenvalue weighted by molar-refractivity contribution is 7.84. The van der Waals surface area contributed by atoms with Crippen molar-refractivity contribution in [1.29, 1.82) is 0 Å². The highest BCUT2D eigenvalue weighted by Crippen LogP contribution is 2.47. The van der Waals surface area contributed by atoms with Gasteiger partial charge in [-0.15, -0.1) is 11.6 Å². The van der Waals surface area contributed by atoms with Crippen molar-refractivity contribution in [3.05, 3.63) is 0 Å². The summed E-state index contributed by atoms with van der Waals surface area (Å²) in [7, 11) is 0. The average Bonchev–Trinajstić information content (AvgIpc) is 1.59. The lowest BCUT2D eigenvalue weighted by atomic mass is 10.9. The monoisotopic (exact) mass is 176 g/mol. The second kappa shape index (κ2) is 3.73. The van der Waals surface area contributed by atoms with Crippen LogP contribution in [0.3, 0.4) is 0 Å². The quantitative estimate of drug-likeness (QED) is 0.488. The fourth-order valence-corrected chi connectivity index (χ4v) is 1.01. The largest absolute Gasteiger partial charge is 0.316 e. The third-order valence-corrected chi connectivity index (χ3v) is 1.49. The highest BCUT2D eigenvalue weighted by Gasteiger charge is 2.07. The molecule has 0 aliphatic rings. The Morgan fingerprint density at radius 2 is 2.25 bits per heavy atom. The van der Waals surface area contributed by atoms with Crippen LogP contribution in [-0.4, -0.2) is 19.2 Å². The minimum absolute atomic E-state index is 0.249. The zero-order valence-electron chi connectivity index (χ0n) is 4.43. The Labute approximate surface area is 58.4 Å². The van der Waals surface area contributed by atoms with E-state index in [1.807, 2.05) is 0 Å². The average molecular weight is 177 g/mol. The zero-order chi connectivity index (χ0) is 6.62. The van der Waals surface area contributed by atoms with E-state index in [1.54, 1.807) is 0 Å². The maximum atomic E-state index is 10.5. The molecule has 0 bridgehead atoms. The Kier molecular flexibility index (Phi) is 4.09. The number of rotatable bonds is 3. The third-order valence-electron chi connectivity index (χ3n) is 0.399. The molecule has 0 aromatic carbocycles. The van der Waals surface area contributed by atoms with Crippen molar-refractivity contribution in [2.24, 2.45) is 0 Å². The lowest BCUT2D eigenvalue weighted by Gasteiger charge is -2.01. The smallest absolute Gasteiger partial charge is 0.287 e. The first-order valence-electron chi connectivity index (χ1n) is 2.04. The van der Waals surface area contributed by atoms with Gasteiger partial charge in [0, 0.05) is 12.5 Å². The molecule has 0 amide bonds. The van der Waals surface area contributed by atoms with E-state index < -0.39 is 6.72 Å². The SMILES string of the molecule is CP(=O)(Cl)OCCCl. The van der Waals surface area contributed by atoms with Crippen LogP contribution in [0.15, 0.2) is 0 Å². The van der Waals surface area contributed by atoms with Gasteiger partial charge in [-0.1, -0.05) is 0 Å². The van der Waals surface area contributed by atoms with Crippen LogP contribution in [0, 0.1) is 0 Å². The molecule has 0 rings (SSSR count). The zero-order valence-corrected chi connectivity index (χ0v) is 6.84. The molecule has 0 aromatic heterocycles. The van der Waals surface area contributed by atoms with Crippen LogP contribution in [0.5, 0.6) is 0 Å². The second-order valence-corrected chi connectivity index (χ2v) is 5.24. The van der Waals surface area contributed by atoms with Crippen molar-refractivity contribution >= 4 is 29.6 Å². The minimum Gasteiger partial charge on any atom is -0.316 e. The summed E-state index contributed by atoms with van der Waals surface area (Å²) in [6.07, 6.45) is 0. The first-order chi connectivity index (χ1) is 3.56. The Bertz CT molecular complexity index is 99.5. The molecule has 1 atom stereocenters. The van der Waals surface area contributed by atoms with Gasteiger partial charge in [0.1, 0.15) is 0 Å². The van der Waals surface area contributed by atoms with Gasteiger partial charge in [0.2, 0.25) is 0 Å². The number of alkyl halides is 1. The summed E-state index contributed by atoms with van der Waals surface area (Å²) in [6, 6.07) is 0. The lowest BCUT2D eigenvalue weighted by molar-refractivity contribution is 0.351. The van der Waals surface area contributed by atoms with E-state index in [0.29, 0.717) is 5.88 Å². The molecular formula is C3H7Cl2O2P. The van der Waals surface area contributed by atoms with E-state index in [9.17, 15) is 4.57 Å². The normalized spacial score (nSPS) is 17.9. The van der Waals surface area contributed by atoms with Crippen molar-refractivity contribution in [1.82, 2.24) is 0 Å². The first-order valence-corrected chi connectivity index (χ1v) is 5.55. The molecule has 0 saturated carbocycles. The number of hydrogen-bond donors (Lipinski definition) is 0. The van der Waals surface area contributed by atoms with E-state index in [-0.39, 0.29) is 6.61 Å². The molecule has 2 nitrogen and oxygen atoms in total. The van der Waals surface area contributed by atoms with Gasteiger partial charge in [-0.25, -0.2) is 0 Å². The predicted molar refractivity (Wildman–Crippen MR) is 36.1 cm³/mol. The molecule has 0 aromatic rings. The predicted octanol–water partition coefficient (Wildman–Crippen LogP) is 2.30. The van der Waals surface area contributed by atoms with Gasteiger partial charge >= 0.3 is 0 Å². The van der Waals surface area contributed by atoms with Gasteiger partial charge in [-0.2, -0.15) is 0 Å². The Morgan fingerprint density at radius 3 is 2.38 bits per heavy atom. The van der Waals surface area contributed by atoms with Gasteiger partial charge in [-0.05, 0) is 11.2 Å². The summed E-state index contributed by atoms with van der Waals surface area (Å²) in [5, 5.41) is 0. The maximum Gasteiger partial charge on any atom is 0.287 e. The second-order valence-electron chi connectivity index (χ2n) is 1.27. The summed E-state index contributed by atoms with van der Waals surface area (Å²) in [5.74, 6) is 0.324. The maximum absolute atomic E-state index is 10.5. The van der Waals surface area contributed by atoms with Gasteiger partial charge < -0.3 is 4.52 Å². The Balaban J connectivity index is 3.26. The topological polar surface area (TPSA) is 26.3 Å². The molecule has 0 N–H and O–H groups in total. The molecule has 5 heteroatoms. The number of halogens is 2. The first kappa shape index (κ1) is 8.77. The molecule has 0 aliphatic carbocycles. The highest BCUT2D eigenvalue weighted by atomic mass is 35.7. The van der Waals surface area contributed by atoms with Crippen molar-refractivity contribution < 1.29 is 9.09 Å². The molecule has 1 unspecified atom stereocenters. The summed E-state index contributed by atoms with van der Waals surface area (Å²) in [4.78, 5) is 0. The lowest BCUT2D eigenvalue weighted by Crippen LogP contribution is -1.87. The third kappa shape index (κ3) is 6.77. The summed E-state index contributed by atoms with van der Waals surface area (Å²) in [5.41, 5.74) is 0. The van der Waals surface area contributed by atoms with E-state index in [2.05, 4.69) is 4.52 Å². The molecule has 0 saturated heterocycles. The number of hydrogen-bond acceptors (Lipinski definition) is 2. The summed E-state index contributed by atoms with van der Waals surface area (Å²) < 4.78 is 15.0. The molecule has 8 heavy (non-hydrogen) atoms. The minimum atomic E-state index is -2.79. The van der Waals surface area contributed by atoms with Crippen LogP contribution in [0.25, 0.3) is 0 Å². The standard InChI is InChI=1S/C3H7Cl2O2P/c1-8(5,6)7-3-2-4/h2-3H2,1H3. The Hall–Kier alpha value is 0.770. The van der Waals surface area contributed by atoms with Crippen LogP contribution < -0.4 is 0 Å². The molecule has 0 heterocycles. The van der Waals surface area contributed by atoms with E-state index in [0.717, 1.165) is 0 Å². The Morgan fingerprint density at radius 1 is 1.75 bits per heavy atom. The van der Waals surface area contributed by atoms with E-state index in [4.69, 9.17) is 22.8 Å². The molecule has 0 spiro atoms. The van der Waals surface area contributed by atoms with Crippen molar-refractivity contribution in [3.8, 4) is 0 Å². The van der Waals surface area contributed by atoms with E-state index >= 15 is 0 Å². The van der Waals surface area contributed by atoms with Crippen molar-refractivity contribution in [2.75, 3.05) is 19.2 Å². The van der Waals surface area contributed by atoms with Gasteiger partial charge in [0.15, 0.2) is 0 Å². The molecule has 0 aliphatic heterocycles. The fourth-order valence-electron chi connectivity index (χ4n) is 0.198. The van der Waals surface area contributed by atoms with E-state index in [1.165, 1.54) is 6.66 Å². The van der Waals surface area contributed by atoms with Crippen molar-refractivity contribution in [3.63, 3.8) is 0 Å². The molecule has 0 fully saturated rings. The molecule has 0 radical (unpaired) electrons. The van der Waals surface area contributed by atoms with Crippen LogP contribution in [-0.2, 0) is 9.09 Å². The van der Waals surface area contributed by atoms with Crippen LogP contribution in [0.1, 0.15) is 0 Å². The fraction of sp³-hybridized carbons (Fsp3) is 1.00. The summed E-state index contributed by atoms with van der Waals surface area (Å²) in [6.45, 7) is -1.21. The molecular weight excluding hydrogens is 170 g/mol.